The molecule has 8 nitrogen and oxygen atoms in total. The fraction of sp³-hybridized carbons (Fsp3) is 0.179. The fourth-order valence-electron chi connectivity index (χ4n) is 3.72. The highest BCUT2D eigenvalue weighted by molar-refractivity contribution is 6.15. The lowest BCUT2D eigenvalue weighted by molar-refractivity contribution is -0.119. The Balaban J connectivity index is 1.85. The second-order valence-corrected chi connectivity index (χ2v) is 8.13. The maximum Gasteiger partial charge on any atom is 0.255 e. The molecule has 0 bridgehead atoms. The number of benzene rings is 3. The van der Waals surface area contributed by atoms with Crippen molar-refractivity contribution >= 4 is 29.3 Å². The molecule has 6 N–H and O–H groups in total. The van der Waals surface area contributed by atoms with Crippen LogP contribution in [0.25, 0.3) is 6.08 Å². The van der Waals surface area contributed by atoms with Crippen LogP contribution in [0.1, 0.15) is 45.6 Å². The van der Waals surface area contributed by atoms with Gasteiger partial charge in [0.05, 0.1) is 36.6 Å². The highest BCUT2D eigenvalue weighted by atomic mass is 16.5. The van der Waals surface area contributed by atoms with E-state index in [0.29, 0.717) is 12.2 Å². The van der Waals surface area contributed by atoms with Gasteiger partial charge in [-0.1, -0.05) is 54.6 Å². The number of hydrogen-bond acceptors (Lipinski definition) is 6. The Bertz CT molecular complexity index is 1270. The van der Waals surface area contributed by atoms with E-state index in [4.69, 9.17) is 15.9 Å². The van der Waals surface area contributed by atoms with Gasteiger partial charge in [-0.3, -0.25) is 9.59 Å². The van der Waals surface area contributed by atoms with Gasteiger partial charge in [0.25, 0.3) is 5.91 Å². The van der Waals surface area contributed by atoms with Crippen molar-refractivity contribution in [2.75, 3.05) is 19.5 Å². The van der Waals surface area contributed by atoms with Crippen molar-refractivity contribution in [3.63, 3.8) is 0 Å². The van der Waals surface area contributed by atoms with Crippen LogP contribution in [0, 0.1) is 5.41 Å². The van der Waals surface area contributed by atoms with E-state index in [2.05, 4.69) is 10.6 Å². The lowest BCUT2D eigenvalue weighted by Crippen LogP contribution is -2.31. The van der Waals surface area contributed by atoms with E-state index in [0.717, 1.165) is 16.7 Å². The van der Waals surface area contributed by atoms with Crippen LogP contribution in [0.2, 0.25) is 0 Å². The van der Waals surface area contributed by atoms with Crippen LogP contribution in [0.5, 0.6) is 5.75 Å². The molecule has 2 amide bonds. The Morgan fingerprint density at radius 2 is 1.86 bits per heavy atom. The number of allylic oxidation sites excluding steroid dienone is 1. The number of anilines is 1. The quantitative estimate of drug-likeness (QED) is 0.221. The van der Waals surface area contributed by atoms with Crippen LogP contribution in [-0.2, 0) is 11.3 Å². The summed E-state index contributed by atoms with van der Waals surface area (Å²) in [5.74, 6) is -0.400. The summed E-state index contributed by atoms with van der Waals surface area (Å²) in [7, 11) is 1.41. The smallest absolute Gasteiger partial charge is 0.255 e. The summed E-state index contributed by atoms with van der Waals surface area (Å²) in [6, 6.07) is 19.2. The van der Waals surface area contributed by atoms with E-state index in [-0.39, 0.29) is 35.1 Å². The lowest BCUT2D eigenvalue weighted by Gasteiger charge is -2.19. The second-order valence-electron chi connectivity index (χ2n) is 8.13. The minimum absolute atomic E-state index is 0.0630. The Labute approximate surface area is 210 Å². The number of methoxy groups -OCH3 is 1. The molecule has 3 rings (SSSR count). The van der Waals surface area contributed by atoms with Gasteiger partial charge < -0.3 is 31.6 Å². The van der Waals surface area contributed by atoms with Crippen LogP contribution in [0.15, 0.2) is 72.8 Å². The van der Waals surface area contributed by atoms with Gasteiger partial charge in [0.15, 0.2) is 0 Å². The number of ether oxygens (including phenoxy) is 1. The molecule has 0 aliphatic rings. The zero-order chi connectivity index (χ0) is 26.1. The summed E-state index contributed by atoms with van der Waals surface area (Å²) in [5, 5.41) is 24.0. The van der Waals surface area contributed by atoms with Crippen molar-refractivity contribution in [1.82, 2.24) is 10.6 Å². The molecule has 3 aromatic carbocycles. The highest BCUT2D eigenvalue weighted by Crippen LogP contribution is 2.30. The van der Waals surface area contributed by atoms with Gasteiger partial charge in [-0.05, 0) is 41.0 Å². The number of carbonyl (C=O) groups is 2. The Morgan fingerprint density at radius 1 is 1.11 bits per heavy atom. The zero-order valence-electron chi connectivity index (χ0n) is 20.2. The van der Waals surface area contributed by atoms with Crippen LogP contribution in [-0.4, -0.2) is 36.3 Å². The molecule has 0 saturated heterocycles. The maximum absolute atomic E-state index is 13.1. The molecule has 0 unspecified atom stereocenters. The summed E-state index contributed by atoms with van der Waals surface area (Å²) in [5.41, 5.74) is 9.54. The minimum Gasteiger partial charge on any atom is -0.495 e. The van der Waals surface area contributed by atoms with E-state index in [1.807, 2.05) is 54.6 Å². The molecular weight excluding hydrogens is 456 g/mol. The Morgan fingerprint density at radius 3 is 2.53 bits per heavy atom. The Hall–Kier alpha value is -4.43. The standard InChI is InChI=1S/C28H30N4O4/c1-18(34)31-16-20-8-6-7-19(15-20)11-13-23(29)26-24(30)14-12-22(27(26)36-2)28(35)32-25(17-33)21-9-4-3-5-10-21/h3-15,25,29,33H,16-17,30H2,1-2H3,(H,31,34)(H,32,35)/b13-11+,29-23?/t25-/m1/s1. The molecule has 1 atom stereocenters. The largest absolute Gasteiger partial charge is 0.495 e. The van der Waals surface area contributed by atoms with E-state index >= 15 is 0 Å². The first-order valence-corrected chi connectivity index (χ1v) is 11.4. The van der Waals surface area contributed by atoms with Gasteiger partial charge in [-0.15, -0.1) is 0 Å². The van der Waals surface area contributed by atoms with Gasteiger partial charge in [0.1, 0.15) is 5.75 Å². The third-order valence-corrected chi connectivity index (χ3v) is 5.53. The molecule has 0 aliphatic heterocycles. The van der Waals surface area contributed by atoms with Gasteiger partial charge in [0.2, 0.25) is 5.91 Å². The number of aliphatic hydroxyl groups is 1. The monoisotopic (exact) mass is 486 g/mol. The van der Waals surface area contributed by atoms with Gasteiger partial charge in [-0.25, -0.2) is 0 Å². The molecule has 186 valence electrons. The predicted octanol–water partition coefficient (Wildman–Crippen LogP) is 3.46. The first kappa shape index (κ1) is 26.2. The number of rotatable bonds is 10. The van der Waals surface area contributed by atoms with E-state index in [1.165, 1.54) is 20.1 Å². The molecule has 8 heteroatoms. The normalized spacial score (nSPS) is 11.6. The highest BCUT2D eigenvalue weighted by Gasteiger charge is 2.22. The van der Waals surface area contributed by atoms with Gasteiger partial charge in [0, 0.05) is 19.2 Å². The van der Waals surface area contributed by atoms with E-state index in [1.54, 1.807) is 18.2 Å². The molecule has 0 heterocycles. The van der Waals surface area contributed by atoms with E-state index < -0.39 is 11.9 Å². The lowest BCUT2D eigenvalue weighted by atomic mass is 10.00. The fourth-order valence-corrected chi connectivity index (χ4v) is 3.72. The summed E-state index contributed by atoms with van der Waals surface area (Å²) >= 11 is 0. The average Bonchev–Trinajstić information content (AvgIpc) is 2.89. The zero-order valence-corrected chi connectivity index (χ0v) is 20.2. The third-order valence-electron chi connectivity index (χ3n) is 5.53. The van der Waals surface area contributed by atoms with Crippen molar-refractivity contribution in [3.05, 3.63) is 101 Å². The van der Waals surface area contributed by atoms with Crippen LogP contribution >= 0.6 is 0 Å². The number of aliphatic hydroxyl groups excluding tert-OH is 1. The average molecular weight is 487 g/mol. The van der Waals surface area contributed by atoms with Crippen molar-refractivity contribution in [3.8, 4) is 5.75 Å². The summed E-state index contributed by atoms with van der Waals surface area (Å²) < 4.78 is 5.53. The predicted molar refractivity (Wildman–Crippen MR) is 141 cm³/mol. The minimum atomic E-state index is -0.603. The van der Waals surface area contributed by atoms with E-state index in [9.17, 15) is 14.7 Å². The van der Waals surface area contributed by atoms with Crippen LogP contribution < -0.4 is 21.1 Å². The van der Waals surface area contributed by atoms with Gasteiger partial charge in [-0.2, -0.15) is 0 Å². The molecule has 0 aliphatic carbocycles. The molecule has 0 aromatic heterocycles. The van der Waals surface area contributed by atoms with Crippen molar-refractivity contribution in [1.29, 1.82) is 5.41 Å². The third kappa shape index (κ3) is 6.58. The SMILES string of the molecule is COc1c(C(=O)N[C@H](CO)c2ccccc2)ccc(N)c1C(=N)/C=C/c1cccc(CNC(C)=O)c1. The van der Waals surface area contributed by atoms with Gasteiger partial charge >= 0.3 is 0 Å². The van der Waals surface area contributed by atoms with Crippen LogP contribution in [0.3, 0.4) is 0 Å². The number of nitrogens with one attached hydrogen (secondary N) is 3. The van der Waals surface area contributed by atoms with Crippen molar-refractivity contribution in [2.24, 2.45) is 0 Å². The molecule has 3 aromatic rings. The molecular formula is C28H30N4O4. The molecule has 0 radical (unpaired) electrons. The maximum atomic E-state index is 13.1. The number of hydrogen-bond donors (Lipinski definition) is 5. The number of amides is 2. The second kappa shape index (κ2) is 12.3. The number of nitrogens with two attached hydrogens (primary N) is 1. The molecule has 0 saturated carbocycles. The Kier molecular flexibility index (Phi) is 8.96. The molecule has 0 fully saturated rings. The first-order valence-electron chi connectivity index (χ1n) is 11.4. The topological polar surface area (TPSA) is 138 Å². The van der Waals surface area contributed by atoms with Crippen molar-refractivity contribution in [2.45, 2.75) is 19.5 Å². The first-order chi connectivity index (χ1) is 17.3. The molecule has 36 heavy (non-hydrogen) atoms. The summed E-state index contributed by atoms with van der Waals surface area (Å²) in [6.07, 6.45) is 3.33. The molecule has 0 spiro atoms. The summed E-state index contributed by atoms with van der Waals surface area (Å²) in [6.45, 7) is 1.59. The summed E-state index contributed by atoms with van der Waals surface area (Å²) in [4.78, 5) is 24.3. The van der Waals surface area contributed by atoms with Crippen LogP contribution in [0.4, 0.5) is 5.69 Å². The van der Waals surface area contributed by atoms with Crippen molar-refractivity contribution < 1.29 is 19.4 Å². The number of nitrogen functional groups attached to an aromatic ring is 1. The number of carbonyl (C=O) groups excluding carboxylic acids is 2.